The molecule has 0 radical (unpaired) electrons. The SMILES string of the molecule is C=C/C=C(\C=C)Cn1cncc1CC(N)=S.CC. The maximum Gasteiger partial charge on any atom is 0.0951 e. The second kappa shape index (κ2) is 9.36. The first-order chi connectivity index (χ1) is 8.67. The number of nitrogens with zero attached hydrogens (tertiary/aromatic N) is 2. The number of aromatic nitrogens is 2. The summed E-state index contributed by atoms with van der Waals surface area (Å²) in [4.78, 5) is 4.55. The van der Waals surface area contributed by atoms with Crippen LogP contribution in [-0.4, -0.2) is 14.5 Å². The zero-order valence-electron chi connectivity index (χ0n) is 11.1. The quantitative estimate of drug-likeness (QED) is 0.634. The minimum Gasteiger partial charge on any atom is -0.393 e. The molecule has 0 spiro atoms. The lowest BCUT2D eigenvalue weighted by atomic mass is 10.2. The molecular weight excluding hydrogens is 242 g/mol. The van der Waals surface area contributed by atoms with Crippen molar-refractivity contribution in [2.24, 2.45) is 5.73 Å². The molecule has 0 amide bonds. The summed E-state index contributed by atoms with van der Waals surface area (Å²) in [6.45, 7) is 12.1. The van der Waals surface area contributed by atoms with Crippen LogP contribution in [0.4, 0.5) is 0 Å². The average molecular weight is 263 g/mol. The van der Waals surface area contributed by atoms with Gasteiger partial charge in [-0.15, -0.1) is 0 Å². The lowest BCUT2D eigenvalue weighted by Gasteiger charge is -2.07. The van der Waals surface area contributed by atoms with Crippen molar-refractivity contribution in [3.8, 4) is 0 Å². The average Bonchev–Trinajstić information content (AvgIpc) is 2.77. The van der Waals surface area contributed by atoms with Crippen molar-refractivity contribution in [1.29, 1.82) is 0 Å². The third-order valence-corrected chi connectivity index (χ3v) is 2.25. The van der Waals surface area contributed by atoms with Crippen LogP contribution in [0.3, 0.4) is 0 Å². The summed E-state index contributed by atoms with van der Waals surface area (Å²) in [7, 11) is 0. The first kappa shape index (κ1) is 16.3. The fraction of sp³-hybridized carbons (Fsp3) is 0.286. The summed E-state index contributed by atoms with van der Waals surface area (Å²) >= 11 is 4.88. The maximum absolute atomic E-state index is 5.51. The molecule has 0 aliphatic heterocycles. The van der Waals surface area contributed by atoms with Crippen molar-refractivity contribution in [2.45, 2.75) is 26.8 Å². The third kappa shape index (κ3) is 5.59. The predicted molar refractivity (Wildman–Crippen MR) is 82.5 cm³/mol. The molecule has 0 saturated heterocycles. The number of allylic oxidation sites excluding steroid dienone is 4. The molecule has 98 valence electrons. The van der Waals surface area contributed by atoms with Crippen LogP contribution in [0.25, 0.3) is 0 Å². The molecule has 0 aromatic carbocycles. The van der Waals surface area contributed by atoms with E-state index in [1.54, 1.807) is 24.7 Å². The predicted octanol–water partition coefficient (Wildman–Crippen LogP) is 3.04. The molecule has 0 saturated carbocycles. The molecule has 1 aromatic rings. The molecule has 18 heavy (non-hydrogen) atoms. The summed E-state index contributed by atoms with van der Waals surface area (Å²) in [5, 5.41) is 0. The fourth-order valence-corrected chi connectivity index (χ4v) is 1.50. The molecule has 3 nitrogen and oxygen atoms in total. The van der Waals surface area contributed by atoms with Crippen LogP contribution in [0.15, 0.2) is 49.5 Å². The van der Waals surface area contributed by atoms with E-state index in [9.17, 15) is 0 Å². The van der Waals surface area contributed by atoms with Crippen LogP contribution in [0.5, 0.6) is 0 Å². The largest absolute Gasteiger partial charge is 0.393 e. The molecule has 1 rings (SSSR count). The van der Waals surface area contributed by atoms with Gasteiger partial charge in [0.15, 0.2) is 0 Å². The van der Waals surface area contributed by atoms with Gasteiger partial charge in [-0.2, -0.15) is 0 Å². The standard InChI is InChI=1S/C12H15N3S.C2H6/c1-3-5-10(4-2)8-15-9-14-7-11(15)6-12(13)16;1-2/h3-5,7,9H,1-2,6,8H2,(H2,13,16);1-2H3/b10-5+;. The molecule has 0 bridgehead atoms. The van der Waals surface area contributed by atoms with E-state index in [1.165, 1.54) is 0 Å². The monoisotopic (exact) mass is 263 g/mol. The number of nitrogens with two attached hydrogens (primary N) is 1. The number of imidazole rings is 1. The minimum atomic E-state index is 0.467. The van der Waals surface area contributed by atoms with Crippen LogP contribution in [-0.2, 0) is 13.0 Å². The van der Waals surface area contributed by atoms with E-state index >= 15 is 0 Å². The van der Waals surface area contributed by atoms with Gasteiger partial charge in [-0.3, -0.25) is 0 Å². The summed E-state index contributed by atoms with van der Waals surface area (Å²) in [5.74, 6) is 0. The Balaban J connectivity index is 0.00000137. The molecular formula is C14H21N3S. The van der Waals surface area contributed by atoms with Gasteiger partial charge in [0.1, 0.15) is 0 Å². The van der Waals surface area contributed by atoms with E-state index in [0.717, 1.165) is 11.3 Å². The minimum absolute atomic E-state index is 0.467. The molecule has 2 N–H and O–H groups in total. The summed E-state index contributed by atoms with van der Waals surface area (Å²) in [6, 6.07) is 0. The molecule has 0 fully saturated rings. The summed E-state index contributed by atoms with van der Waals surface area (Å²) in [5.41, 5.74) is 7.58. The van der Waals surface area contributed by atoms with E-state index in [0.29, 0.717) is 18.0 Å². The second-order valence-electron chi connectivity index (χ2n) is 3.34. The van der Waals surface area contributed by atoms with Crippen molar-refractivity contribution in [3.05, 3.63) is 55.2 Å². The zero-order valence-corrected chi connectivity index (χ0v) is 11.9. The Kier molecular flexibility index (Phi) is 8.49. The van der Waals surface area contributed by atoms with Crippen molar-refractivity contribution >= 4 is 17.2 Å². The van der Waals surface area contributed by atoms with Crippen LogP contribution in [0, 0.1) is 0 Å². The Morgan fingerprint density at radius 2 is 2.17 bits per heavy atom. The molecule has 1 heterocycles. The van der Waals surface area contributed by atoms with Crippen LogP contribution in [0.1, 0.15) is 19.5 Å². The Labute approximate surface area is 115 Å². The topological polar surface area (TPSA) is 43.8 Å². The zero-order chi connectivity index (χ0) is 14.0. The first-order valence-corrected chi connectivity index (χ1v) is 6.29. The number of hydrogen-bond acceptors (Lipinski definition) is 2. The van der Waals surface area contributed by atoms with Gasteiger partial charge < -0.3 is 10.3 Å². The smallest absolute Gasteiger partial charge is 0.0951 e. The number of hydrogen-bond donors (Lipinski definition) is 1. The highest BCUT2D eigenvalue weighted by atomic mass is 32.1. The highest BCUT2D eigenvalue weighted by molar-refractivity contribution is 7.80. The molecule has 0 atom stereocenters. The van der Waals surface area contributed by atoms with Gasteiger partial charge in [0.25, 0.3) is 0 Å². The highest BCUT2D eigenvalue weighted by Gasteiger charge is 2.03. The Morgan fingerprint density at radius 3 is 2.67 bits per heavy atom. The molecule has 0 aliphatic rings. The van der Waals surface area contributed by atoms with Gasteiger partial charge >= 0.3 is 0 Å². The number of thiocarbonyl (C=S) groups is 1. The first-order valence-electron chi connectivity index (χ1n) is 5.88. The van der Waals surface area contributed by atoms with E-state index in [2.05, 4.69) is 18.1 Å². The van der Waals surface area contributed by atoms with E-state index < -0.39 is 0 Å². The summed E-state index contributed by atoms with van der Waals surface area (Å²) < 4.78 is 2.00. The second-order valence-corrected chi connectivity index (χ2v) is 3.86. The highest BCUT2D eigenvalue weighted by Crippen LogP contribution is 2.07. The molecule has 0 aliphatic carbocycles. The maximum atomic E-state index is 5.51. The Bertz CT molecular complexity index is 430. The van der Waals surface area contributed by atoms with Gasteiger partial charge in [0, 0.05) is 24.9 Å². The number of rotatable bonds is 6. The lowest BCUT2D eigenvalue weighted by molar-refractivity contribution is 0.761. The van der Waals surface area contributed by atoms with Gasteiger partial charge in [0.2, 0.25) is 0 Å². The van der Waals surface area contributed by atoms with Crippen molar-refractivity contribution in [3.63, 3.8) is 0 Å². The van der Waals surface area contributed by atoms with E-state index in [-0.39, 0.29) is 0 Å². The Morgan fingerprint density at radius 1 is 1.50 bits per heavy atom. The lowest BCUT2D eigenvalue weighted by Crippen LogP contribution is -2.14. The van der Waals surface area contributed by atoms with E-state index in [1.807, 2.05) is 24.5 Å². The van der Waals surface area contributed by atoms with Crippen molar-refractivity contribution in [2.75, 3.05) is 0 Å². The normalized spacial score (nSPS) is 10.2. The van der Waals surface area contributed by atoms with Gasteiger partial charge in [-0.05, 0) is 5.57 Å². The Hall–Kier alpha value is -1.68. The van der Waals surface area contributed by atoms with Crippen molar-refractivity contribution < 1.29 is 0 Å². The van der Waals surface area contributed by atoms with Crippen molar-refractivity contribution in [1.82, 2.24) is 9.55 Å². The van der Waals surface area contributed by atoms with Gasteiger partial charge in [0.05, 0.1) is 11.3 Å². The molecule has 1 aromatic heterocycles. The summed E-state index contributed by atoms with van der Waals surface area (Å²) in [6.07, 6.45) is 9.54. The van der Waals surface area contributed by atoms with Gasteiger partial charge in [-0.1, -0.05) is 57.5 Å². The van der Waals surface area contributed by atoms with E-state index in [4.69, 9.17) is 18.0 Å². The molecule has 0 unspecified atom stereocenters. The van der Waals surface area contributed by atoms with Crippen LogP contribution < -0.4 is 5.73 Å². The van der Waals surface area contributed by atoms with Gasteiger partial charge in [-0.25, -0.2) is 4.98 Å². The third-order valence-electron chi connectivity index (χ3n) is 2.10. The van der Waals surface area contributed by atoms with Crippen LogP contribution in [0.2, 0.25) is 0 Å². The molecule has 4 heteroatoms. The van der Waals surface area contributed by atoms with Crippen LogP contribution >= 0.6 is 12.2 Å². The fourth-order valence-electron chi connectivity index (χ4n) is 1.35.